The summed E-state index contributed by atoms with van der Waals surface area (Å²) in [6, 6.07) is 6.75. The lowest BCUT2D eigenvalue weighted by molar-refractivity contribution is 0.201. The molecule has 1 aromatic rings. The van der Waals surface area contributed by atoms with Gasteiger partial charge in [-0.2, -0.15) is 0 Å². The molecule has 1 heterocycles. The maximum Gasteiger partial charge on any atom is 0.0419 e. The van der Waals surface area contributed by atoms with Gasteiger partial charge in [0.15, 0.2) is 0 Å². The van der Waals surface area contributed by atoms with Crippen molar-refractivity contribution in [3.8, 4) is 0 Å². The molecule has 2 heteroatoms. The van der Waals surface area contributed by atoms with Crippen LogP contribution in [0, 0.1) is 11.3 Å². The average Bonchev–Trinajstić information content (AvgIpc) is 2.67. The molecule has 1 aliphatic rings. The minimum atomic E-state index is 0.475. The summed E-state index contributed by atoms with van der Waals surface area (Å²) in [5.41, 5.74) is 1.68. The Hall–Kier alpha value is -0.890. The van der Waals surface area contributed by atoms with E-state index in [1.807, 2.05) is 12.3 Å². The van der Waals surface area contributed by atoms with Gasteiger partial charge in [0.2, 0.25) is 0 Å². The fraction of sp³-hybridized carbons (Fsp3) is 0.667. The topological polar surface area (TPSA) is 24.9 Å². The quantitative estimate of drug-likeness (QED) is 0.863. The normalized spacial score (nSPS) is 24.8. The second kappa shape index (κ2) is 5.18. The van der Waals surface area contributed by atoms with Crippen LogP contribution < -0.4 is 5.32 Å². The molecule has 1 aliphatic carbocycles. The monoisotopic (exact) mass is 232 g/mol. The third kappa shape index (κ3) is 2.86. The lowest BCUT2D eigenvalue weighted by atomic mass is 9.76. The third-order valence-corrected chi connectivity index (χ3v) is 4.35. The van der Waals surface area contributed by atoms with Crippen LogP contribution in [0.25, 0.3) is 0 Å². The molecule has 2 rings (SSSR count). The van der Waals surface area contributed by atoms with Crippen LogP contribution in [-0.4, -0.2) is 18.1 Å². The Kier molecular flexibility index (Phi) is 3.82. The van der Waals surface area contributed by atoms with Crippen molar-refractivity contribution in [3.05, 3.63) is 30.1 Å². The van der Waals surface area contributed by atoms with E-state index in [9.17, 15) is 0 Å². The van der Waals surface area contributed by atoms with Gasteiger partial charge in [0.1, 0.15) is 0 Å². The zero-order valence-electron chi connectivity index (χ0n) is 11.2. The van der Waals surface area contributed by atoms with Crippen molar-refractivity contribution in [1.29, 1.82) is 0 Å². The summed E-state index contributed by atoms with van der Waals surface area (Å²) in [4.78, 5) is 4.45. The highest BCUT2D eigenvalue weighted by Crippen LogP contribution is 2.44. The van der Waals surface area contributed by atoms with Gasteiger partial charge in [-0.3, -0.25) is 4.98 Å². The molecular weight excluding hydrogens is 208 g/mol. The Morgan fingerprint density at radius 3 is 2.82 bits per heavy atom. The fourth-order valence-electron chi connectivity index (χ4n) is 3.29. The van der Waals surface area contributed by atoms with Crippen molar-refractivity contribution in [1.82, 2.24) is 10.3 Å². The molecule has 0 radical (unpaired) electrons. The molecular formula is C15H24N2. The van der Waals surface area contributed by atoms with Gasteiger partial charge in [0.25, 0.3) is 0 Å². The standard InChI is InChI=1S/C15H24N2/c1-15(2)9-6-8-13(15)14(16-3)11-12-7-4-5-10-17-12/h4-5,7,10,13-14,16H,6,8-9,11H2,1-3H3. The maximum atomic E-state index is 4.45. The Bertz CT molecular complexity index is 345. The van der Waals surface area contributed by atoms with Crippen LogP contribution >= 0.6 is 0 Å². The van der Waals surface area contributed by atoms with Gasteiger partial charge < -0.3 is 5.32 Å². The van der Waals surface area contributed by atoms with E-state index in [0.717, 1.165) is 12.3 Å². The molecule has 0 saturated heterocycles. The van der Waals surface area contributed by atoms with Crippen LogP contribution in [0.2, 0.25) is 0 Å². The molecule has 0 amide bonds. The van der Waals surface area contributed by atoms with Crippen molar-refractivity contribution >= 4 is 0 Å². The lowest BCUT2D eigenvalue weighted by Gasteiger charge is -2.34. The van der Waals surface area contributed by atoms with E-state index in [1.54, 1.807) is 0 Å². The van der Waals surface area contributed by atoms with Crippen molar-refractivity contribution in [2.45, 2.75) is 45.6 Å². The number of aromatic nitrogens is 1. The maximum absolute atomic E-state index is 4.45. The minimum absolute atomic E-state index is 0.475. The second-order valence-corrected chi connectivity index (χ2v) is 5.91. The minimum Gasteiger partial charge on any atom is -0.316 e. The summed E-state index contributed by atoms with van der Waals surface area (Å²) < 4.78 is 0. The molecule has 0 aromatic carbocycles. The van der Waals surface area contributed by atoms with Crippen molar-refractivity contribution in [2.75, 3.05) is 7.05 Å². The molecule has 17 heavy (non-hydrogen) atoms. The molecule has 94 valence electrons. The van der Waals surface area contributed by atoms with Crippen LogP contribution in [0.15, 0.2) is 24.4 Å². The largest absolute Gasteiger partial charge is 0.316 e. The van der Waals surface area contributed by atoms with Crippen molar-refractivity contribution in [3.63, 3.8) is 0 Å². The molecule has 2 atom stereocenters. The Morgan fingerprint density at radius 1 is 1.47 bits per heavy atom. The zero-order valence-corrected chi connectivity index (χ0v) is 11.2. The molecule has 1 N–H and O–H groups in total. The fourth-order valence-corrected chi connectivity index (χ4v) is 3.29. The van der Waals surface area contributed by atoms with Crippen LogP contribution in [0.3, 0.4) is 0 Å². The molecule has 2 nitrogen and oxygen atoms in total. The predicted molar refractivity (Wildman–Crippen MR) is 71.9 cm³/mol. The van der Waals surface area contributed by atoms with E-state index >= 15 is 0 Å². The molecule has 1 saturated carbocycles. The Labute approximate surface area is 105 Å². The Morgan fingerprint density at radius 2 is 2.29 bits per heavy atom. The van der Waals surface area contributed by atoms with Crippen LogP contribution in [-0.2, 0) is 6.42 Å². The highest BCUT2D eigenvalue weighted by Gasteiger charge is 2.38. The lowest BCUT2D eigenvalue weighted by Crippen LogP contribution is -2.40. The number of rotatable bonds is 4. The van der Waals surface area contributed by atoms with Gasteiger partial charge in [0.05, 0.1) is 0 Å². The molecule has 0 spiro atoms. The third-order valence-electron chi connectivity index (χ3n) is 4.35. The first-order valence-electron chi connectivity index (χ1n) is 6.70. The van der Waals surface area contributed by atoms with Gasteiger partial charge >= 0.3 is 0 Å². The number of likely N-dealkylation sites (N-methyl/N-ethyl adjacent to an activating group) is 1. The van der Waals surface area contributed by atoms with E-state index in [0.29, 0.717) is 11.5 Å². The van der Waals surface area contributed by atoms with Gasteiger partial charge in [0, 0.05) is 24.4 Å². The highest BCUT2D eigenvalue weighted by molar-refractivity contribution is 5.07. The first kappa shape index (κ1) is 12.6. The first-order valence-corrected chi connectivity index (χ1v) is 6.70. The van der Waals surface area contributed by atoms with Gasteiger partial charge in [-0.15, -0.1) is 0 Å². The van der Waals surface area contributed by atoms with E-state index in [-0.39, 0.29) is 0 Å². The van der Waals surface area contributed by atoms with Gasteiger partial charge in [-0.1, -0.05) is 26.3 Å². The average molecular weight is 232 g/mol. The number of nitrogens with zero attached hydrogens (tertiary/aromatic N) is 1. The van der Waals surface area contributed by atoms with Crippen molar-refractivity contribution < 1.29 is 0 Å². The SMILES string of the molecule is CNC(Cc1ccccn1)C1CCCC1(C)C. The van der Waals surface area contributed by atoms with Crippen LogP contribution in [0.4, 0.5) is 0 Å². The van der Waals surface area contributed by atoms with E-state index in [4.69, 9.17) is 0 Å². The van der Waals surface area contributed by atoms with Gasteiger partial charge in [-0.25, -0.2) is 0 Å². The van der Waals surface area contributed by atoms with E-state index in [1.165, 1.54) is 25.0 Å². The van der Waals surface area contributed by atoms with Crippen LogP contribution in [0.5, 0.6) is 0 Å². The zero-order chi connectivity index (χ0) is 12.3. The predicted octanol–water partition coefficient (Wildman–Crippen LogP) is 3.04. The van der Waals surface area contributed by atoms with Gasteiger partial charge in [-0.05, 0) is 43.4 Å². The number of nitrogens with one attached hydrogen (secondary N) is 1. The molecule has 1 aromatic heterocycles. The Balaban J connectivity index is 2.07. The molecule has 2 unspecified atom stereocenters. The second-order valence-electron chi connectivity index (χ2n) is 5.91. The molecule has 0 bridgehead atoms. The number of pyridine rings is 1. The summed E-state index contributed by atoms with van der Waals surface area (Å²) in [6.07, 6.45) is 7.02. The highest BCUT2D eigenvalue weighted by atomic mass is 14.9. The molecule has 1 fully saturated rings. The first-order chi connectivity index (χ1) is 8.13. The summed E-state index contributed by atoms with van der Waals surface area (Å²) >= 11 is 0. The summed E-state index contributed by atoms with van der Waals surface area (Å²) in [6.45, 7) is 4.82. The van der Waals surface area contributed by atoms with Crippen molar-refractivity contribution in [2.24, 2.45) is 11.3 Å². The number of hydrogen-bond donors (Lipinski definition) is 1. The summed E-state index contributed by atoms with van der Waals surface area (Å²) in [5.74, 6) is 0.773. The summed E-state index contributed by atoms with van der Waals surface area (Å²) in [7, 11) is 2.09. The van der Waals surface area contributed by atoms with Crippen LogP contribution in [0.1, 0.15) is 38.8 Å². The smallest absolute Gasteiger partial charge is 0.0419 e. The number of hydrogen-bond acceptors (Lipinski definition) is 2. The summed E-state index contributed by atoms with van der Waals surface area (Å²) in [5, 5.41) is 3.51. The van der Waals surface area contributed by atoms with E-state index < -0.39 is 0 Å². The van der Waals surface area contributed by atoms with E-state index in [2.05, 4.69) is 43.3 Å². The molecule has 0 aliphatic heterocycles.